The highest BCUT2D eigenvalue weighted by Crippen LogP contribution is 2.44. The number of allylic oxidation sites excluding steroid dienone is 1. The van der Waals surface area contributed by atoms with Crippen LogP contribution in [-0.4, -0.2) is 19.7 Å². The fourth-order valence-corrected chi connectivity index (χ4v) is 4.53. The van der Waals surface area contributed by atoms with Crippen LogP contribution in [0, 0.1) is 11.3 Å². The number of nitriles is 1. The predicted octanol–water partition coefficient (Wildman–Crippen LogP) is 6.13. The van der Waals surface area contributed by atoms with E-state index in [2.05, 4.69) is 6.07 Å². The molecular weight excluding hydrogens is 544 g/mol. The van der Waals surface area contributed by atoms with E-state index in [-0.39, 0.29) is 23.8 Å². The quantitative estimate of drug-likeness (QED) is 0.189. The molecule has 5 rings (SSSR count). The number of para-hydroxylation sites is 2. The molecule has 0 saturated heterocycles. The van der Waals surface area contributed by atoms with Crippen LogP contribution in [-0.2, 0) is 11.4 Å². The lowest BCUT2D eigenvalue weighted by molar-refractivity contribution is -0.136. The number of hydrogen-bond acceptors (Lipinski definition) is 8. The van der Waals surface area contributed by atoms with Crippen LogP contribution in [0.25, 0.3) is 0 Å². The molecule has 1 heterocycles. The lowest BCUT2D eigenvalue weighted by atomic mass is 9.83. The molecule has 9 heteroatoms. The van der Waals surface area contributed by atoms with Crippen molar-refractivity contribution in [3.63, 3.8) is 0 Å². The first kappa shape index (κ1) is 27.4. The van der Waals surface area contributed by atoms with Crippen molar-refractivity contribution < 1.29 is 28.5 Å². The maximum absolute atomic E-state index is 12.5. The summed E-state index contributed by atoms with van der Waals surface area (Å²) in [4.78, 5) is 12.5. The van der Waals surface area contributed by atoms with Crippen molar-refractivity contribution in [3.05, 3.63) is 124 Å². The normalized spacial score (nSPS) is 13.8. The predicted molar refractivity (Wildman–Crippen MR) is 152 cm³/mol. The van der Waals surface area contributed by atoms with Gasteiger partial charge in [-0.05, 0) is 53.6 Å². The molecule has 41 heavy (non-hydrogen) atoms. The number of nitrogens with two attached hydrogens (primary N) is 1. The van der Waals surface area contributed by atoms with Crippen LogP contribution in [0.1, 0.15) is 22.6 Å². The highest BCUT2D eigenvalue weighted by atomic mass is 35.5. The van der Waals surface area contributed by atoms with Crippen LogP contribution in [0.5, 0.6) is 28.7 Å². The second kappa shape index (κ2) is 12.4. The Bertz CT molecular complexity index is 1650. The molecule has 0 fully saturated rings. The molecule has 1 atom stereocenters. The Morgan fingerprint density at radius 3 is 2.49 bits per heavy atom. The van der Waals surface area contributed by atoms with E-state index in [1.54, 1.807) is 54.6 Å². The first-order chi connectivity index (χ1) is 19.9. The molecule has 0 radical (unpaired) electrons. The number of rotatable bonds is 9. The van der Waals surface area contributed by atoms with Crippen molar-refractivity contribution in [1.29, 1.82) is 5.26 Å². The van der Waals surface area contributed by atoms with Gasteiger partial charge in [0.25, 0.3) is 0 Å². The summed E-state index contributed by atoms with van der Waals surface area (Å²) in [7, 11) is 1.52. The highest BCUT2D eigenvalue weighted by Gasteiger charge is 2.31. The summed E-state index contributed by atoms with van der Waals surface area (Å²) in [6.07, 6.45) is 0. The van der Waals surface area contributed by atoms with Crippen molar-refractivity contribution in [2.45, 2.75) is 12.5 Å². The average Bonchev–Trinajstić information content (AvgIpc) is 2.99. The summed E-state index contributed by atoms with van der Waals surface area (Å²) in [5.74, 6) is 1.01. The van der Waals surface area contributed by atoms with Crippen molar-refractivity contribution in [2.75, 3.05) is 13.7 Å². The van der Waals surface area contributed by atoms with Crippen LogP contribution in [0.3, 0.4) is 0 Å². The summed E-state index contributed by atoms with van der Waals surface area (Å²) in [5, 5.41) is 10.6. The summed E-state index contributed by atoms with van der Waals surface area (Å²) in [6, 6.07) is 29.0. The Morgan fingerprint density at radius 2 is 1.73 bits per heavy atom. The molecule has 1 unspecified atom stereocenters. The second-order valence-electron chi connectivity index (χ2n) is 9.03. The van der Waals surface area contributed by atoms with Crippen molar-refractivity contribution in [1.82, 2.24) is 0 Å². The van der Waals surface area contributed by atoms with E-state index in [1.165, 1.54) is 7.11 Å². The van der Waals surface area contributed by atoms with Crippen LogP contribution < -0.4 is 29.4 Å². The molecule has 2 N–H and O–H groups in total. The lowest BCUT2D eigenvalue weighted by Gasteiger charge is -2.27. The molecule has 4 aromatic carbocycles. The summed E-state index contributed by atoms with van der Waals surface area (Å²) >= 11 is 5.97. The number of hydrogen-bond donors (Lipinski definition) is 1. The van der Waals surface area contributed by atoms with Gasteiger partial charge in [-0.2, -0.15) is 5.26 Å². The average molecular weight is 569 g/mol. The molecule has 0 amide bonds. The molecule has 1 aliphatic rings. The fourth-order valence-electron chi connectivity index (χ4n) is 4.41. The molecule has 0 aliphatic carbocycles. The van der Waals surface area contributed by atoms with E-state index in [9.17, 15) is 10.1 Å². The maximum atomic E-state index is 12.5. The molecule has 0 saturated carbocycles. The second-order valence-corrected chi connectivity index (χ2v) is 9.46. The van der Waals surface area contributed by atoms with Gasteiger partial charge in [-0.15, -0.1) is 0 Å². The van der Waals surface area contributed by atoms with E-state index < -0.39 is 11.9 Å². The topological polar surface area (TPSA) is 113 Å². The van der Waals surface area contributed by atoms with Crippen molar-refractivity contribution in [2.24, 2.45) is 5.73 Å². The molecule has 4 aromatic rings. The Hall–Kier alpha value is -5.13. The highest BCUT2D eigenvalue weighted by molar-refractivity contribution is 6.30. The fraction of sp³-hybridized carbons (Fsp3) is 0.125. The van der Waals surface area contributed by atoms with Crippen LogP contribution in [0.15, 0.2) is 102 Å². The number of fused-ring (bicyclic) bond motifs is 1. The minimum Gasteiger partial charge on any atom is -0.493 e. The number of ether oxygens (including phenoxy) is 5. The number of halogens is 1. The van der Waals surface area contributed by atoms with E-state index in [0.29, 0.717) is 40.2 Å². The van der Waals surface area contributed by atoms with Crippen molar-refractivity contribution in [3.8, 4) is 34.8 Å². The number of carbonyl (C=O) groups is 1. The zero-order valence-electron chi connectivity index (χ0n) is 22.0. The molecule has 0 bridgehead atoms. The van der Waals surface area contributed by atoms with Gasteiger partial charge in [0.1, 0.15) is 35.5 Å². The Morgan fingerprint density at radius 1 is 0.951 bits per heavy atom. The zero-order valence-corrected chi connectivity index (χ0v) is 22.8. The molecule has 0 aromatic heterocycles. The molecular formula is C32H25ClN2O6. The monoisotopic (exact) mass is 568 g/mol. The maximum Gasteiger partial charge on any atom is 0.349 e. The van der Waals surface area contributed by atoms with Gasteiger partial charge >= 0.3 is 5.97 Å². The van der Waals surface area contributed by atoms with Crippen LogP contribution >= 0.6 is 11.6 Å². The number of carbonyl (C=O) groups excluding carboxylic acids is 1. The van der Waals surface area contributed by atoms with Gasteiger partial charge < -0.3 is 29.4 Å². The third-order valence-corrected chi connectivity index (χ3v) is 6.60. The lowest BCUT2D eigenvalue weighted by Crippen LogP contribution is -2.21. The Labute approximate surface area is 242 Å². The zero-order chi connectivity index (χ0) is 28.8. The Balaban J connectivity index is 1.33. The third kappa shape index (κ3) is 6.38. The minimum absolute atomic E-state index is 0.0273. The van der Waals surface area contributed by atoms with E-state index >= 15 is 0 Å². The van der Waals surface area contributed by atoms with Gasteiger partial charge in [-0.25, -0.2) is 4.79 Å². The third-order valence-electron chi connectivity index (χ3n) is 6.35. The summed E-state index contributed by atoms with van der Waals surface area (Å²) < 4.78 is 28.0. The van der Waals surface area contributed by atoms with Gasteiger partial charge in [0.05, 0.1) is 13.0 Å². The SMILES string of the molecule is COc1ccccc1OCC(=O)Oc1ccc2c(c1)OC(N)=C(C#N)C2c1cccc(OCc2ccc(Cl)cc2)c1. The van der Waals surface area contributed by atoms with Gasteiger partial charge in [0.2, 0.25) is 5.88 Å². The first-order valence-electron chi connectivity index (χ1n) is 12.6. The van der Waals surface area contributed by atoms with Gasteiger partial charge in [0.15, 0.2) is 18.1 Å². The molecule has 8 nitrogen and oxygen atoms in total. The Kier molecular flexibility index (Phi) is 8.28. The smallest absolute Gasteiger partial charge is 0.349 e. The van der Waals surface area contributed by atoms with E-state index in [4.69, 9.17) is 41.0 Å². The molecule has 206 valence electrons. The van der Waals surface area contributed by atoms with E-state index in [0.717, 1.165) is 11.1 Å². The molecule has 0 spiro atoms. The minimum atomic E-state index is -0.616. The van der Waals surface area contributed by atoms with Gasteiger partial charge in [0, 0.05) is 16.7 Å². The standard InChI is InChI=1S/C32H25ClN2O6/c1-37-27-7-2-3-8-28(27)39-19-30(36)40-24-13-14-25-29(16-24)41-32(35)26(17-34)31(25)21-5-4-6-23(15-21)38-18-20-9-11-22(33)12-10-20/h2-16,31H,18-19,35H2,1H3. The number of nitrogens with zero attached hydrogens (tertiary/aromatic N) is 1. The summed E-state index contributed by atoms with van der Waals surface area (Å²) in [5.41, 5.74) is 8.87. The number of esters is 1. The van der Waals surface area contributed by atoms with Gasteiger partial charge in [-0.3, -0.25) is 0 Å². The largest absolute Gasteiger partial charge is 0.493 e. The van der Waals surface area contributed by atoms with Gasteiger partial charge in [-0.1, -0.05) is 54.1 Å². The van der Waals surface area contributed by atoms with Crippen LogP contribution in [0.2, 0.25) is 5.02 Å². The van der Waals surface area contributed by atoms with Crippen LogP contribution in [0.4, 0.5) is 0 Å². The first-order valence-corrected chi connectivity index (χ1v) is 13.0. The number of benzene rings is 4. The molecule has 1 aliphatic heterocycles. The van der Waals surface area contributed by atoms with E-state index in [1.807, 2.05) is 36.4 Å². The number of methoxy groups -OCH3 is 1. The van der Waals surface area contributed by atoms with Crippen molar-refractivity contribution >= 4 is 17.6 Å². The summed E-state index contributed by atoms with van der Waals surface area (Å²) in [6.45, 7) is 0.0218.